The Morgan fingerprint density at radius 2 is 1.53 bits per heavy atom. The maximum absolute atomic E-state index is 12.8. The summed E-state index contributed by atoms with van der Waals surface area (Å²) in [6, 6.07) is 0. The van der Waals surface area contributed by atoms with E-state index >= 15 is 0 Å². The van der Waals surface area contributed by atoms with Gasteiger partial charge >= 0.3 is 0 Å². The first kappa shape index (κ1) is 12.9. The van der Waals surface area contributed by atoms with E-state index in [2.05, 4.69) is 20.8 Å². The van der Waals surface area contributed by atoms with E-state index in [0.717, 1.165) is 32.9 Å². The SMILES string of the molecule is CC(F)(F)CN1CCC(C(C)(C)C)CC1. The minimum absolute atomic E-state index is 0.0795. The summed E-state index contributed by atoms with van der Waals surface area (Å²) in [7, 11) is 0. The lowest BCUT2D eigenvalue weighted by Crippen LogP contribution is -2.42. The Morgan fingerprint density at radius 1 is 1.07 bits per heavy atom. The van der Waals surface area contributed by atoms with Crippen LogP contribution in [0.25, 0.3) is 0 Å². The second-order valence-electron chi connectivity index (χ2n) is 5.99. The van der Waals surface area contributed by atoms with Crippen LogP contribution in [0, 0.1) is 11.3 Å². The number of rotatable bonds is 2. The molecule has 90 valence electrons. The molecule has 1 saturated heterocycles. The lowest BCUT2D eigenvalue weighted by Gasteiger charge is -2.39. The molecule has 0 amide bonds. The molecular weight excluding hydrogens is 196 g/mol. The normalized spacial score (nSPS) is 22.0. The summed E-state index contributed by atoms with van der Waals surface area (Å²) in [6.45, 7) is 9.29. The van der Waals surface area contributed by atoms with E-state index in [0.29, 0.717) is 11.3 Å². The van der Waals surface area contributed by atoms with Crippen molar-refractivity contribution in [3.05, 3.63) is 0 Å². The number of hydrogen-bond donors (Lipinski definition) is 0. The Hall–Kier alpha value is -0.180. The van der Waals surface area contributed by atoms with E-state index in [-0.39, 0.29) is 6.54 Å². The zero-order valence-corrected chi connectivity index (χ0v) is 10.3. The van der Waals surface area contributed by atoms with Gasteiger partial charge < -0.3 is 0 Å². The number of alkyl halides is 2. The summed E-state index contributed by atoms with van der Waals surface area (Å²) < 4.78 is 25.6. The third kappa shape index (κ3) is 4.45. The smallest absolute Gasteiger partial charge is 0.257 e. The van der Waals surface area contributed by atoms with Gasteiger partial charge in [-0.2, -0.15) is 0 Å². The van der Waals surface area contributed by atoms with Gasteiger partial charge in [0.2, 0.25) is 0 Å². The second kappa shape index (κ2) is 4.36. The Morgan fingerprint density at radius 3 is 1.87 bits per heavy atom. The van der Waals surface area contributed by atoms with E-state index in [4.69, 9.17) is 0 Å². The predicted octanol–water partition coefficient (Wildman–Crippen LogP) is 3.40. The number of halogens is 2. The van der Waals surface area contributed by atoms with Crippen molar-refractivity contribution < 1.29 is 8.78 Å². The van der Waals surface area contributed by atoms with Crippen LogP contribution >= 0.6 is 0 Å². The van der Waals surface area contributed by atoms with Gasteiger partial charge in [0.25, 0.3) is 5.92 Å². The van der Waals surface area contributed by atoms with Gasteiger partial charge in [0, 0.05) is 6.92 Å². The summed E-state index contributed by atoms with van der Waals surface area (Å²) in [6.07, 6.45) is 2.11. The Bertz CT molecular complexity index is 195. The highest BCUT2D eigenvalue weighted by atomic mass is 19.3. The predicted molar refractivity (Wildman–Crippen MR) is 59.2 cm³/mol. The van der Waals surface area contributed by atoms with Gasteiger partial charge in [-0.05, 0) is 37.3 Å². The molecule has 0 aromatic carbocycles. The average molecular weight is 219 g/mol. The minimum atomic E-state index is -2.55. The van der Waals surface area contributed by atoms with Crippen LogP contribution in [0.15, 0.2) is 0 Å². The van der Waals surface area contributed by atoms with Crippen molar-refractivity contribution in [2.45, 2.75) is 46.5 Å². The molecule has 0 atom stereocenters. The van der Waals surface area contributed by atoms with Gasteiger partial charge in [0.15, 0.2) is 0 Å². The third-order valence-electron chi connectivity index (χ3n) is 3.31. The van der Waals surface area contributed by atoms with E-state index < -0.39 is 5.92 Å². The van der Waals surface area contributed by atoms with Crippen LogP contribution in [0.2, 0.25) is 0 Å². The maximum atomic E-state index is 12.8. The number of nitrogens with zero attached hydrogens (tertiary/aromatic N) is 1. The summed E-state index contributed by atoms with van der Waals surface area (Å²) in [5, 5.41) is 0. The molecule has 0 unspecified atom stereocenters. The van der Waals surface area contributed by atoms with Crippen molar-refractivity contribution in [1.82, 2.24) is 4.90 Å². The van der Waals surface area contributed by atoms with Gasteiger partial charge in [-0.25, -0.2) is 8.78 Å². The standard InChI is InChI=1S/C12H23F2N/c1-11(2,3)10-5-7-15(8-6-10)9-12(4,13)14/h10H,5-9H2,1-4H3. The topological polar surface area (TPSA) is 3.24 Å². The number of piperidine rings is 1. The summed E-state index contributed by atoms with van der Waals surface area (Å²) >= 11 is 0. The minimum Gasteiger partial charge on any atom is -0.297 e. The molecule has 1 aliphatic heterocycles. The Balaban J connectivity index is 2.37. The van der Waals surface area contributed by atoms with Crippen LogP contribution in [0.5, 0.6) is 0 Å². The largest absolute Gasteiger partial charge is 0.297 e. The highest BCUT2D eigenvalue weighted by Crippen LogP contribution is 2.34. The molecule has 1 nitrogen and oxygen atoms in total. The molecule has 0 radical (unpaired) electrons. The maximum Gasteiger partial charge on any atom is 0.257 e. The fourth-order valence-electron chi connectivity index (χ4n) is 2.35. The molecule has 1 aliphatic rings. The number of likely N-dealkylation sites (tertiary alicyclic amines) is 1. The second-order valence-corrected chi connectivity index (χ2v) is 5.99. The van der Waals surface area contributed by atoms with Crippen LogP contribution in [0.4, 0.5) is 8.78 Å². The van der Waals surface area contributed by atoms with Crippen molar-refractivity contribution in [2.75, 3.05) is 19.6 Å². The molecule has 0 spiro atoms. The lowest BCUT2D eigenvalue weighted by atomic mass is 9.75. The summed E-state index contributed by atoms with van der Waals surface area (Å²) in [5.74, 6) is -1.87. The zero-order chi connectivity index (χ0) is 11.7. The van der Waals surface area contributed by atoms with Crippen LogP contribution in [0.3, 0.4) is 0 Å². The summed E-state index contributed by atoms with van der Waals surface area (Å²) in [4.78, 5) is 1.89. The Labute approximate surface area is 91.8 Å². The van der Waals surface area contributed by atoms with Gasteiger partial charge in [0.1, 0.15) is 0 Å². The zero-order valence-electron chi connectivity index (χ0n) is 10.3. The average Bonchev–Trinajstić information content (AvgIpc) is 2.00. The fourth-order valence-corrected chi connectivity index (χ4v) is 2.35. The van der Waals surface area contributed by atoms with Crippen LogP contribution < -0.4 is 0 Å². The molecule has 1 heterocycles. The van der Waals surface area contributed by atoms with Gasteiger partial charge in [-0.3, -0.25) is 4.90 Å². The highest BCUT2D eigenvalue weighted by molar-refractivity contribution is 4.81. The van der Waals surface area contributed by atoms with E-state index in [1.165, 1.54) is 0 Å². The molecule has 1 rings (SSSR count). The highest BCUT2D eigenvalue weighted by Gasteiger charge is 2.32. The van der Waals surface area contributed by atoms with Crippen LogP contribution in [0.1, 0.15) is 40.5 Å². The molecule has 3 heteroatoms. The monoisotopic (exact) mass is 219 g/mol. The van der Waals surface area contributed by atoms with Crippen molar-refractivity contribution in [1.29, 1.82) is 0 Å². The quantitative estimate of drug-likeness (QED) is 0.688. The van der Waals surface area contributed by atoms with Gasteiger partial charge in [0.05, 0.1) is 6.54 Å². The fraction of sp³-hybridized carbons (Fsp3) is 1.00. The van der Waals surface area contributed by atoms with E-state index in [1.807, 2.05) is 4.90 Å². The molecule has 0 aliphatic carbocycles. The van der Waals surface area contributed by atoms with Crippen LogP contribution in [-0.2, 0) is 0 Å². The van der Waals surface area contributed by atoms with Gasteiger partial charge in [-0.1, -0.05) is 20.8 Å². The first-order valence-electron chi connectivity index (χ1n) is 5.79. The molecule has 0 aromatic heterocycles. The van der Waals surface area contributed by atoms with Crippen molar-refractivity contribution in [3.63, 3.8) is 0 Å². The van der Waals surface area contributed by atoms with Crippen molar-refractivity contribution in [2.24, 2.45) is 11.3 Å². The Kier molecular flexibility index (Phi) is 3.75. The molecule has 1 fully saturated rings. The first-order valence-corrected chi connectivity index (χ1v) is 5.79. The van der Waals surface area contributed by atoms with Crippen LogP contribution in [-0.4, -0.2) is 30.5 Å². The van der Waals surface area contributed by atoms with Crippen molar-refractivity contribution >= 4 is 0 Å². The molecule has 0 aromatic rings. The molecule has 0 saturated carbocycles. The molecular formula is C12H23F2N. The lowest BCUT2D eigenvalue weighted by molar-refractivity contribution is -0.0271. The molecule has 0 bridgehead atoms. The van der Waals surface area contributed by atoms with E-state index in [9.17, 15) is 8.78 Å². The van der Waals surface area contributed by atoms with E-state index in [1.54, 1.807) is 0 Å². The third-order valence-corrected chi connectivity index (χ3v) is 3.31. The first-order chi connectivity index (χ1) is 6.68. The molecule has 15 heavy (non-hydrogen) atoms. The van der Waals surface area contributed by atoms with Gasteiger partial charge in [-0.15, -0.1) is 0 Å². The number of hydrogen-bond acceptors (Lipinski definition) is 1. The van der Waals surface area contributed by atoms with Crippen molar-refractivity contribution in [3.8, 4) is 0 Å². The molecule has 0 N–H and O–H groups in total. The summed E-state index contributed by atoms with van der Waals surface area (Å²) in [5.41, 5.74) is 0.320.